The molecule has 3 heteroatoms. The van der Waals surface area contributed by atoms with E-state index < -0.39 is 0 Å². The van der Waals surface area contributed by atoms with Gasteiger partial charge in [0.1, 0.15) is 5.75 Å². The van der Waals surface area contributed by atoms with Crippen molar-refractivity contribution in [3.8, 4) is 5.75 Å². The first kappa shape index (κ1) is 16.6. The average Bonchev–Trinajstić information content (AvgIpc) is 2.56. The Labute approximate surface area is 135 Å². The number of piperidine rings is 1. The summed E-state index contributed by atoms with van der Waals surface area (Å²) in [5.41, 5.74) is 1.77. The van der Waals surface area contributed by atoms with E-state index in [0.29, 0.717) is 0 Å². The van der Waals surface area contributed by atoms with Crippen LogP contribution in [0.5, 0.6) is 5.75 Å². The van der Waals surface area contributed by atoms with Crippen LogP contribution in [-0.2, 0) is 5.54 Å². The smallest absolute Gasteiger partial charge is 0.119 e. The van der Waals surface area contributed by atoms with E-state index in [4.69, 9.17) is 4.74 Å². The number of rotatable bonds is 3. The number of ether oxygens (including phenoxy) is 1. The zero-order valence-corrected chi connectivity index (χ0v) is 14.0. The molecule has 1 saturated carbocycles. The fourth-order valence-corrected chi connectivity index (χ4v) is 4.16. The van der Waals surface area contributed by atoms with Gasteiger partial charge in [0.25, 0.3) is 0 Å². The monoisotopic (exact) mass is 309 g/mol. The van der Waals surface area contributed by atoms with Crippen molar-refractivity contribution in [1.29, 1.82) is 0 Å². The number of hydrogen-bond donors (Lipinski definition) is 0. The highest BCUT2D eigenvalue weighted by molar-refractivity contribution is 5.85. The first-order valence-electron chi connectivity index (χ1n) is 8.25. The average molecular weight is 310 g/mol. The van der Waals surface area contributed by atoms with E-state index in [9.17, 15) is 0 Å². The highest BCUT2D eigenvalue weighted by Gasteiger charge is 2.39. The Kier molecular flexibility index (Phi) is 5.95. The summed E-state index contributed by atoms with van der Waals surface area (Å²) in [6.07, 6.45) is 10.9. The van der Waals surface area contributed by atoms with Crippen LogP contribution < -0.4 is 4.74 Å². The molecule has 0 aromatic heterocycles. The van der Waals surface area contributed by atoms with Crippen LogP contribution in [0.1, 0.15) is 56.9 Å². The summed E-state index contributed by atoms with van der Waals surface area (Å²) in [4.78, 5) is 2.78. The molecule has 2 aliphatic rings. The Bertz CT molecular complexity index is 437. The van der Waals surface area contributed by atoms with E-state index in [-0.39, 0.29) is 17.9 Å². The lowest BCUT2D eigenvalue weighted by Gasteiger charge is -2.48. The van der Waals surface area contributed by atoms with Crippen LogP contribution in [0.25, 0.3) is 0 Å². The molecule has 118 valence electrons. The van der Waals surface area contributed by atoms with Crippen molar-refractivity contribution in [3.05, 3.63) is 29.8 Å². The zero-order chi connectivity index (χ0) is 13.8. The van der Waals surface area contributed by atoms with Crippen LogP contribution in [-0.4, -0.2) is 25.1 Å². The quantitative estimate of drug-likeness (QED) is 0.798. The highest BCUT2D eigenvalue weighted by atomic mass is 35.5. The second-order valence-corrected chi connectivity index (χ2v) is 6.37. The van der Waals surface area contributed by atoms with E-state index in [0.717, 1.165) is 5.75 Å². The summed E-state index contributed by atoms with van der Waals surface area (Å²) < 4.78 is 5.46. The number of halogens is 1. The normalized spacial score (nSPS) is 22.3. The third-order valence-corrected chi connectivity index (χ3v) is 5.25. The highest BCUT2D eigenvalue weighted by Crippen LogP contribution is 2.44. The SMILES string of the molecule is COc1cccc(C2(N3CCCCC3)CCCCC2)c1.Cl. The molecule has 0 bridgehead atoms. The van der Waals surface area contributed by atoms with Crippen LogP contribution in [0, 0.1) is 0 Å². The molecule has 0 N–H and O–H groups in total. The molecule has 1 aliphatic carbocycles. The van der Waals surface area contributed by atoms with E-state index in [1.807, 2.05) is 0 Å². The molecular weight excluding hydrogens is 282 g/mol. The number of hydrogen-bond acceptors (Lipinski definition) is 2. The van der Waals surface area contributed by atoms with Crippen molar-refractivity contribution >= 4 is 12.4 Å². The molecule has 1 aromatic carbocycles. The lowest BCUT2D eigenvalue weighted by atomic mass is 9.74. The van der Waals surface area contributed by atoms with E-state index >= 15 is 0 Å². The maximum Gasteiger partial charge on any atom is 0.119 e. The Balaban J connectivity index is 0.00000161. The number of methoxy groups -OCH3 is 1. The van der Waals surface area contributed by atoms with Gasteiger partial charge in [-0.15, -0.1) is 12.4 Å². The molecule has 21 heavy (non-hydrogen) atoms. The van der Waals surface area contributed by atoms with Gasteiger partial charge < -0.3 is 4.74 Å². The Morgan fingerprint density at radius 1 is 0.952 bits per heavy atom. The van der Waals surface area contributed by atoms with Gasteiger partial charge in [-0.3, -0.25) is 4.90 Å². The summed E-state index contributed by atoms with van der Waals surface area (Å²) in [7, 11) is 1.77. The minimum absolute atomic E-state index is 0. The molecule has 1 saturated heterocycles. The molecule has 1 aliphatic heterocycles. The number of nitrogens with zero attached hydrogens (tertiary/aromatic N) is 1. The van der Waals surface area contributed by atoms with Crippen LogP contribution in [0.3, 0.4) is 0 Å². The minimum Gasteiger partial charge on any atom is -0.497 e. The van der Waals surface area contributed by atoms with Crippen molar-refractivity contribution < 1.29 is 4.74 Å². The molecule has 1 heterocycles. The third-order valence-electron chi connectivity index (χ3n) is 5.25. The molecule has 0 radical (unpaired) electrons. The molecule has 3 rings (SSSR count). The van der Waals surface area contributed by atoms with Crippen molar-refractivity contribution in [2.75, 3.05) is 20.2 Å². The molecule has 0 amide bonds. The molecular formula is C18H28ClNO. The standard InChI is InChI=1S/C18H27NO.ClH/c1-20-17-10-8-9-16(15-17)18(11-4-2-5-12-18)19-13-6-3-7-14-19;/h8-10,15H,2-7,11-14H2,1H3;1H. The molecule has 0 unspecified atom stereocenters. The van der Waals surface area contributed by atoms with Gasteiger partial charge in [0, 0.05) is 5.54 Å². The van der Waals surface area contributed by atoms with E-state index in [1.54, 1.807) is 7.11 Å². The molecule has 0 spiro atoms. The molecule has 2 nitrogen and oxygen atoms in total. The van der Waals surface area contributed by atoms with E-state index in [1.165, 1.54) is 70.0 Å². The van der Waals surface area contributed by atoms with Crippen molar-refractivity contribution in [2.24, 2.45) is 0 Å². The topological polar surface area (TPSA) is 12.5 Å². The van der Waals surface area contributed by atoms with Crippen LogP contribution in [0.4, 0.5) is 0 Å². The van der Waals surface area contributed by atoms with Crippen molar-refractivity contribution in [2.45, 2.75) is 56.9 Å². The minimum atomic E-state index is 0. The second-order valence-electron chi connectivity index (χ2n) is 6.37. The van der Waals surface area contributed by atoms with E-state index in [2.05, 4.69) is 29.2 Å². The van der Waals surface area contributed by atoms with Crippen LogP contribution >= 0.6 is 12.4 Å². The number of benzene rings is 1. The second kappa shape index (κ2) is 7.51. The molecule has 1 aromatic rings. The zero-order valence-electron chi connectivity index (χ0n) is 13.1. The lowest BCUT2D eigenvalue weighted by molar-refractivity contribution is 0.0302. The first-order chi connectivity index (χ1) is 9.85. The Morgan fingerprint density at radius 2 is 1.62 bits per heavy atom. The fourth-order valence-electron chi connectivity index (χ4n) is 4.16. The maximum atomic E-state index is 5.46. The van der Waals surface area contributed by atoms with Gasteiger partial charge in [-0.2, -0.15) is 0 Å². The summed E-state index contributed by atoms with van der Waals surface area (Å²) in [6, 6.07) is 8.83. The van der Waals surface area contributed by atoms with Gasteiger partial charge in [-0.25, -0.2) is 0 Å². The van der Waals surface area contributed by atoms with Crippen LogP contribution in [0.2, 0.25) is 0 Å². The first-order valence-corrected chi connectivity index (χ1v) is 8.25. The predicted octanol–water partition coefficient (Wildman–Crippen LogP) is 4.76. The Morgan fingerprint density at radius 3 is 2.29 bits per heavy atom. The van der Waals surface area contributed by atoms with Crippen LogP contribution in [0.15, 0.2) is 24.3 Å². The van der Waals surface area contributed by atoms with Gasteiger partial charge in [0.2, 0.25) is 0 Å². The van der Waals surface area contributed by atoms with Gasteiger partial charge in [0.05, 0.1) is 7.11 Å². The fraction of sp³-hybridized carbons (Fsp3) is 0.667. The Hall–Kier alpha value is -0.730. The van der Waals surface area contributed by atoms with Crippen molar-refractivity contribution in [3.63, 3.8) is 0 Å². The van der Waals surface area contributed by atoms with Gasteiger partial charge in [-0.1, -0.05) is 37.8 Å². The predicted molar refractivity (Wildman–Crippen MR) is 90.4 cm³/mol. The van der Waals surface area contributed by atoms with Gasteiger partial charge >= 0.3 is 0 Å². The number of likely N-dealkylation sites (tertiary alicyclic amines) is 1. The summed E-state index contributed by atoms with van der Waals surface area (Å²) >= 11 is 0. The summed E-state index contributed by atoms with van der Waals surface area (Å²) in [5.74, 6) is 1.00. The molecule has 2 fully saturated rings. The van der Waals surface area contributed by atoms with Gasteiger partial charge in [0.15, 0.2) is 0 Å². The molecule has 0 atom stereocenters. The summed E-state index contributed by atoms with van der Waals surface area (Å²) in [5, 5.41) is 0. The maximum absolute atomic E-state index is 5.46. The lowest BCUT2D eigenvalue weighted by Crippen LogP contribution is -2.49. The summed E-state index contributed by atoms with van der Waals surface area (Å²) in [6.45, 7) is 2.55. The third kappa shape index (κ3) is 3.37. The van der Waals surface area contributed by atoms with Crippen molar-refractivity contribution in [1.82, 2.24) is 4.90 Å². The largest absolute Gasteiger partial charge is 0.497 e. The van der Waals surface area contributed by atoms with Gasteiger partial charge in [-0.05, 0) is 56.5 Å².